The third-order valence-corrected chi connectivity index (χ3v) is 3.23. The van der Waals surface area contributed by atoms with Crippen molar-refractivity contribution in [1.29, 1.82) is 0 Å². The van der Waals surface area contributed by atoms with Crippen molar-refractivity contribution in [2.24, 2.45) is 5.92 Å². The first-order valence-electron chi connectivity index (χ1n) is 6.89. The fourth-order valence-corrected chi connectivity index (χ4v) is 2.17. The smallest absolute Gasteiger partial charge is 0.305 e. The van der Waals surface area contributed by atoms with Crippen LogP contribution < -0.4 is 0 Å². The second kappa shape index (κ2) is 7.91. The van der Waals surface area contributed by atoms with E-state index >= 15 is 0 Å². The van der Waals surface area contributed by atoms with Gasteiger partial charge in [0.25, 0.3) is 0 Å². The molecule has 100 valence electrons. The van der Waals surface area contributed by atoms with Gasteiger partial charge in [-0.2, -0.15) is 0 Å². The molecule has 0 amide bonds. The molecule has 2 atom stereocenters. The molecule has 0 aliphatic rings. The number of carbonyl (C=O) groups excluding carboxylic acids is 1. The molecular weight excluding hydrogens is 224 g/mol. The van der Waals surface area contributed by atoms with Gasteiger partial charge in [-0.1, -0.05) is 50.6 Å². The van der Waals surface area contributed by atoms with Crippen LogP contribution in [-0.4, -0.2) is 12.1 Å². The molecule has 2 unspecified atom stereocenters. The first-order valence-corrected chi connectivity index (χ1v) is 6.89. The molecule has 0 saturated heterocycles. The van der Waals surface area contributed by atoms with Gasteiger partial charge in [0.2, 0.25) is 0 Å². The summed E-state index contributed by atoms with van der Waals surface area (Å²) in [7, 11) is 0. The van der Waals surface area contributed by atoms with Crippen molar-refractivity contribution < 1.29 is 9.53 Å². The van der Waals surface area contributed by atoms with Gasteiger partial charge in [0.1, 0.15) is 0 Å². The molecule has 0 radical (unpaired) electrons. The molecule has 0 N–H and O–H groups in total. The van der Waals surface area contributed by atoms with Crippen molar-refractivity contribution in [1.82, 2.24) is 0 Å². The Balaban J connectivity index is 2.44. The summed E-state index contributed by atoms with van der Waals surface area (Å²) < 4.78 is 5.33. The lowest BCUT2D eigenvalue weighted by Gasteiger charge is -2.20. The van der Waals surface area contributed by atoms with Crippen LogP contribution in [0.3, 0.4) is 0 Å². The number of hydrogen-bond acceptors (Lipinski definition) is 2. The van der Waals surface area contributed by atoms with Gasteiger partial charge in [0.05, 0.1) is 6.10 Å². The Morgan fingerprint density at radius 3 is 2.44 bits per heavy atom. The lowest BCUT2D eigenvalue weighted by molar-refractivity contribution is -0.148. The van der Waals surface area contributed by atoms with Crippen LogP contribution >= 0.6 is 0 Å². The van der Waals surface area contributed by atoms with E-state index in [1.807, 2.05) is 19.9 Å². The van der Waals surface area contributed by atoms with E-state index in [4.69, 9.17) is 4.74 Å². The summed E-state index contributed by atoms with van der Waals surface area (Å²) in [5.74, 6) is 0.476. The molecule has 0 heterocycles. The second-order valence-electron chi connectivity index (χ2n) is 4.85. The van der Waals surface area contributed by atoms with Crippen LogP contribution in [0.4, 0.5) is 0 Å². The maximum atomic E-state index is 11.2. The molecule has 0 fully saturated rings. The van der Waals surface area contributed by atoms with Crippen LogP contribution in [0.1, 0.15) is 45.6 Å². The van der Waals surface area contributed by atoms with Gasteiger partial charge < -0.3 is 4.74 Å². The average Bonchev–Trinajstić information content (AvgIpc) is 2.38. The summed E-state index contributed by atoms with van der Waals surface area (Å²) in [6.07, 6.45) is 3.59. The van der Waals surface area contributed by atoms with Gasteiger partial charge in [0, 0.05) is 6.42 Å². The van der Waals surface area contributed by atoms with Crippen LogP contribution in [0.25, 0.3) is 0 Å². The molecule has 1 aromatic rings. The molecule has 0 aromatic heterocycles. The molecule has 0 spiro atoms. The third-order valence-electron chi connectivity index (χ3n) is 3.23. The topological polar surface area (TPSA) is 26.3 Å². The third kappa shape index (κ3) is 5.35. The number of hydrogen-bond donors (Lipinski definition) is 0. The van der Waals surface area contributed by atoms with Crippen molar-refractivity contribution in [2.75, 3.05) is 0 Å². The number of carbonyl (C=O) groups is 1. The second-order valence-corrected chi connectivity index (χ2v) is 4.85. The van der Waals surface area contributed by atoms with Crippen LogP contribution in [0.5, 0.6) is 0 Å². The van der Waals surface area contributed by atoms with Crippen LogP contribution in [0.15, 0.2) is 30.3 Å². The predicted octanol–water partition coefficient (Wildman–Crippen LogP) is 3.99. The van der Waals surface area contributed by atoms with Gasteiger partial charge in [0.15, 0.2) is 0 Å². The minimum Gasteiger partial charge on any atom is -0.463 e. The monoisotopic (exact) mass is 248 g/mol. The zero-order valence-electron chi connectivity index (χ0n) is 11.7. The van der Waals surface area contributed by atoms with Gasteiger partial charge in [-0.15, -0.1) is 0 Å². The summed E-state index contributed by atoms with van der Waals surface area (Å²) in [6.45, 7) is 6.01. The van der Waals surface area contributed by atoms with E-state index < -0.39 is 0 Å². The predicted molar refractivity (Wildman–Crippen MR) is 74.4 cm³/mol. The molecule has 0 aliphatic carbocycles. The standard InChI is InChI=1S/C16H24O2/c1-4-14(11-13(3)18-16(17)5-2)12-15-9-7-6-8-10-15/h6-10,13-14H,4-5,11-12H2,1-3H3. The molecule has 0 saturated carbocycles. The fraction of sp³-hybridized carbons (Fsp3) is 0.562. The number of rotatable bonds is 7. The van der Waals surface area contributed by atoms with E-state index in [0.717, 1.165) is 19.3 Å². The Hall–Kier alpha value is -1.31. The Morgan fingerprint density at radius 2 is 1.89 bits per heavy atom. The fourth-order valence-electron chi connectivity index (χ4n) is 2.17. The number of esters is 1. The van der Waals surface area contributed by atoms with E-state index in [0.29, 0.717) is 12.3 Å². The first-order chi connectivity index (χ1) is 8.65. The van der Waals surface area contributed by atoms with Gasteiger partial charge in [-0.25, -0.2) is 0 Å². The Kier molecular flexibility index (Phi) is 6.48. The Morgan fingerprint density at radius 1 is 1.22 bits per heavy atom. The molecular formula is C16H24O2. The molecule has 2 nitrogen and oxygen atoms in total. The van der Waals surface area contributed by atoms with Crippen molar-refractivity contribution >= 4 is 5.97 Å². The zero-order valence-corrected chi connectivity index (χ0v) is 11.7. The largest absolute Gasteiger partial charge is 0.463 e. The van der Waals surface area contributed by atoms with E-state index in [-0.39, 0.29) is 12.1 Å². The number of benzene rings is 1. The maximum absolute atomic E-state index is 11.2. The highest BCUT2D eigenvalue weighted by Gasteiger charge is 2.15. The Labute approximate surface area is 110 Å². The highest BCUT2D eigenvalue weighted by atomic mass is 16.5. The minimum absolute atomic E-state index is 0.0195. The van der Waals surface area contributed by atoms with E-state index in [2.05, 4.69) is 31.2 Å². The highest BCUT2D eigenvalue weighted by Crippen LogP contribution is 2.19. The Bertz CT molecular complexity index is 345. The van der Waals surface area contributed by atoms with Crippen LogP contribution in [0, 0.1) is 5.92 Å². The van der Waals surface area contributed by atoms with Crippen LogP contribution in [0.2, 0.25) is 0 Å². The van der Waals surface area contributed by atoms with Gasteiger partial charge in [-0.05, 0) is 31.2 Å². The van der Waals surface area contributed by atoms with E-state index in [1.54, 1.807) is 0 Å². The molecule has 1 rings (SSSR count). The quantitative estimate of drug-likeness (QED) is 0.682. The zero-order chi connectivity index (χ0) is 13.4. The summed E-state index contributed by atoms with van der Waals surface area (Å²) in [5, 5.41) is 0. The first kappa shape index (κ1) is 14.7. The molecule has 18 heavy (non-hydrogen) atoms. The summed E-state index contributed by atoms with van der Waals surface area (Å²) in [5.41, 5.74) is 1.36. The SMILES string of the molecule is CCC(=O)OC(C)CC(CC)Cc1ccccc1. The normalized spacial score (nSPS) is 13.9. The summed E-state index contributed by atoms with van der Waals surface area (Å²) in [4.78, 5) is 11.2. The van der Waals surface area contributed by atoms with E-state index in [1.165, 1.54) is 5.56 Å². The van der Waals surface area contributed by atoms with Gasteiger partial charge >= 0.3 is 5.97 Å². The molecule has 0 bridgehead atoms. The van der Waals surface area contributed by atoms with Crippen LogP contribution in [-0.2, 0) is 16.0 Å². The maximum Gasteiger partial charge on any atom is 0.305 e. The van der Waals surface area contributed by atoms with Gasteiger partial charge in [-0.3, -0.25) is 4.79 Å². The lowest BCUT2D eigenvalue weighted by atomic mass is 9.92. The number of ether oxygens (including phenoxy) is 1. The van der Waals surface area contributed by atoms with Crippen molar-refractivity contribution in [2.45, 2.75) is 52.6 Å². The minimum atomic E-state index is -0.0999. The average molecular weight is 248 g/mol. The van der Waals surface area contributed by atoms with E-state index in [9.17, 15) is 4.79 Å². The lowest BCUT2D eigenvalue weighted by Crippen LogP contribution is -2.19. The van der Waals surface area contributed by atoms with Crippen molar-refractivity contribution in [3.63, 3.8) is 0 Å². The summed E-state index contributed by atoms with van der Waals surface area (Å²) >= 11 is 0. The summed E-state index contributed by atoms with van der Waals surface area (Å²) in [6, 6.07) is 10.5. The molecule has 2 heteroatoms. The van der Waals surface area contributed by atoms with Crippen molar-refractivity contribution in [3.05, 3.63) is 35.9 Å². The highest BCUT2D eigenvalue weighted by molar-refractivity contribution is 5.69. The van der Waals surface area contributed by atoms with Crippen molar-refractivity contribution in [3.8, 4) is 0 Å². The molecule has 0 aliphatic heterocycles. The molecule has 1 aromatic carbocycles.